The van der Waals surface area contributed by atoms with E-state index in [0.29, 0.717) is 23.1 Å². The molecule has 1 aliphatic rings. The maximum atomic E-state index is 12.6. The highest BCUT2D eigenvalue weighted by atomic mass is 32.2. The smallest absolute Gasteiger partial charge is 0.454 e. The van der Waals surface area contributed by atoms with Gasteiger partial charge in [-0.15, -0.1) is 13.2 Å². The number of Topliss-reactive ketones (excluding diaryl/α,β-unsaturated/α-hetero) is 1. The van der Waals surface area contributed by atoms with Gasteiger partial charge in [0.25, 0.3) is 0 Å². The minimum atomic E-state index is -5.08. The second kappa shape index (κ2) is 7.32. The highest BCUT2D eigenvalue weighted by Gasteiger charge is 2.33. The number of rotatable bonds is 6. The Morgan fingerprint density at radius 2 is 1.86 bits per heavy atom. The number of sulfonamides is 1. The molecule has 0 unspecified atom stereocenters. The fourth-order valence-corrected chi connectivity index (χ4v) is 3.52. The number of carbonyl (C=O) groups excluding carboxylic acids is 1. The first kappa shape index (κ1) is 20.0. The van der Waals surface area contributed by atoms with Crippen LogP contribution in [0.5, 0.6) is 17.2 Å². The lowest BCUT2D eigenvalue weighted by Gasteiger charge is -2.14. The topological polar surface area (TPSA) is 90.9 Å². The zero-order valence-electron chi connectivity index (χ0n) is 14.4. The van der Waals surface area contributed by atoms with Crippen LogP contribution < -0.4 is 18.9 Å². The summed E-state index contributed by atoms with van der Waals surface area (Å²) in [6, 6.07) is 7.48. The molecule has 3 rings (SSSR count). The monoisotopic (exact) mass is 417 g/mol. The van der Waals surface area contributed by atoms with Crippen molar-refractivity contribution in [3.05, 3.63) is 47.5 Å². The third-order valence-corrected chi connectivity index (χ3v) is 5.17. The number of benzene rings is 2. The Bertz CT molecular complexity index is 1020. The van der Waals surface area contributed by atoms with Gasteiger partial charge in [-0.2, -0.15) is 0 Å². The molecule has 0 amide bonds. The Kier molecular flexibility index (Phi) is 5.22. The lowest BCUT2D eigenvalue weighted by molar-refractivity contribution is -0.274. The van der Waals surface area contributed by atoms with Crippen molar-refractivity contribution < 1.29 is 40.6 Å². The first-order chi connectivity index (χ1) is 13.0. The molecule has 0 aliphatic carbocycles. The first-order valence-electron chi connectivity index (χ1n) is 7.84. The van der Waals surface area contributed by atoms with Crippen LogP contribution in [0.1, 0.15) is 22.8 Å². The Hall–Kier alpha value is -2.79. The van der Waals surface area contributed by atoms with Gasteiger partial charge in [0.2, 0.25) is 16.8 Å². The highest BCUT2D eigenvalue weighted by Crippen LogP contribution is 2.33. The van der Waals surface area contributed by atoms with Gasteiger partial charge < -0.3 is 14.2 Å². The quantitative estimate of drug-likeness (QED) is 0.727. The number of halogens is 3. The van der Waals surface area contributed by atoms with Crippen LogP contribution in [0.25, 0.3) is 0 Å². The van der Waals surface area contributed by atoms with Crippen molar-refractivity contribution in [3.63, 3.8) is 0 Å². The van der Waals surface area contributed by atoms with E-state index in [2.05, 4.69) is 9.46 Å². The number of nitrogens with one attached hydrogen (secondary N) is 1. The average Bonchev–Trinajstić information content (AvgIpc) is 3.06. The molecule has 1 aliphatic heterocycles. The summed E-state index contributed by atoms with van der Waals surface area (Å²) >= 11 is 0. The fraction of sp³-hybridized carbons (Fsp3) is 0.235. The molecular weight excluding hydrogens is 403 g/mol. The molecule has 0 aromatic heterocycles. The van der Waals surface area contributed by atoms with Gasteiger partial charge >= 0.3 is 6.36 Å². The normalized spacial score (nSPS) is 13.4. The standard InChI is InChI=1S/C17H14F3NO6S/c1-10(22)13-4-3-12(7-15(13)27-17(18,19)20)28(23,24)21-8-11-2-5-14-16(6-11)26-9-25-14/h2-7,21H,8-9H2,1H3. The molecule has 2 aromatic carbocycles. The molecular formula is C17H14F3NO6S. The highest BCUT2D eigenvalue weighted by molar-refractivity contribution is 7.89. The molecule has 7 nitrogen and oxygen atoms in total. The predicted molar refractivity (Wildman–Crippen MR) is 89.7 cm³/mol. The van der Waals surface area contributed by atoms with Crippen LogP contribution in [0.3, 0.4) is 0 Å². The van der Waals surface area contributed by atoms with Crippen molar-refractivity contribution >= 4 is 15.8 Å². The summed E-state index contributed by atoms with van der Waals surface area (Å²) in [4.78, 5) is 11.0. The van der Waals surface area contributed by atoms with Crippen LogP contribution in [0.15, 0.2) is 41.3 Å². The number of fused-ring (bicyclic) bond motifs is 1. The molecule has 0 spiro atoms. The summed E-state index contributed by atoms with van der Waals surface area (Å²) in [7, 11) is -4.17. The van der Waals surface area contributed by atoms with Crippen LogP contribution in [-0.4, -0.2) is 27.4 Å². The first-order valence-corrected chi connectivity index (χ1v) is 9.32. The van der Waals surface area contributed by atoms with Crippen LogP contribution in [0, 0.1) is 0 Å². The average molecular weight is 417 g/mol. The van der Waals surface area contributed by atoms with Crippen molar-refractivity contribution in [2.75, 3.05) is 6.79 Å². The van der Waals surface area contributed by atoms with E-state index in [0.717, 1.165) is 19.1 Å². The lowest BCUT2D eigenvalue weighted by Crippen LogP contribution is -2.24. The fourth-order valence-electron chi connectivity index (χ4n) is 2.48. The van der Waals surface area contributed by atoms with E-state index in [1.165, 1.54) is 0 Å². The summed E-state index contributed by atoms with van der Waals surface area (Å²) in [5.74, 6) is -0.591. The Labute approximate surface area is 158 Å². The van der Waals surface area contributed by atoms with Crippen LogP contribution >= 0.6 is 0 Å². The Morgan fingerprint density at radius 1 is 1.14 bits per heavy atom. The number of hydrogen-bond acceptors (Lipinski definition) is 6. The molecule has 0 saturated heterocycles. The summed E-state index contributed by atoms with van der Waals surface area (Å²) < 4.78 is 79.0. The van der Waals surface area contributed by atoms with Crippen LogP contribution in [0.2, 0.25) is 0 Å². The molecule has 0 atom stereocenters. The zero-order valence-corrected chi connectivity index (χ0v) is 15.2. The van der Waals surface area contributed by atoms with E-state index < -0.39 is 32.8 Å². The maximum absolute atomic E-state index is 12.6. The summed E-state index contributed by atoms with van der Waals surface area (Å²) in [6.45, 7) is 0.975. The van der Waals surface area contributed by atoms with Crippen molar-refractivity contribution in [1.29, 1.82) is 0 Å². The van der Waals surface area contributed by atoms with E-state index in [1.54, 1.807) is 18.2 Å². The number of ketones is 1. The molecule has 0 bridgehead atoms. The molecule has 150 valence electrons. The van der Waals surface area contributed by atoms with Crippen molar-refractivity contribution in [1.82, 2.24) is 4.72 Å². The molecule has 0 saturated carbocycles. The second-order valence-corrected chi connectivity index (χ2v) is 7.54. The van der Waals surface area contributed by atoms with E-state index >= 15 is 0 Å². The van der Waals surface area contributed by atoms with Gasteiger partial charge in [-0.05, 0) is 36.8 Å². The molecule has 0 radical (unpaired) electrons. The Morgan fingerprint density at radius 3 is 2.54 bits per heavy atom. The lowest BCUT2D eigenvalue weighted by atomic mass is 10.1. The molecule has 1 heterocycles. The summed E-state index contributed by atoms with van der Waals surface area (Å²) in [6.07, 6.45) is -5.08. The zero-order chi connectivity index (χ0) is 20.5. The van der Waals surface area contributed by atoms with Gasteiger partial charge in [-0.25, -0.2) is 13.1 Å². The van der Waals surface area contributed by atoms with Crippen molar-refractivity contribution in [2.45, 2.75) is 24.7 Å². The van der Waals surface area contributed by atoms with E-state index in [-0.39, 0.29) is 18.9 Å². The van der Waals surface area contributed by atoms with Crippen molar-refractivity contribution in [3.8, 4) is 17.2 Å². The van der Waals surface area contributed by atoms with Crippen LogP contribution in [-0.2, 0) is 16.6 Å². The third-order valence-electron chi connectivity index (χ3n) is 3.77. The van der Waals surface area contributed by atoms with Gasteiger partial charge in [0.05, 0.1) is 10.5 Å². The molecule has 1 N–H and O–H groups in total. The van der Waals surface area contributed by atoms with E-state index in [4.69, 9.17) is 9.47 Å². The minimum absolute atomic E-state index is 0.0645. The molecule has 2 aromatic rings. The van der Waals surface area contributed by atoms with Gasteiger partial charge in [0, 0.05) is 12.6 Å². The number of alkyl halides is 3. The molecule has 28 heavy (non-hydrogen) atoms. The van der Waals surface area contributed by atoms with Gasteiger partial charge in [-0.3, -0.25) is 4.79 Å². The molecule has 11 heteroatoms. The van der Waals surface area contributed by atoms with Gasteiger partial charge in [-0.1, -0.05) is 6.07 Å². The Balaban J connectivity index is 1.82. The predicted octanol–water partition coefficient (Wildman–Crippen LogP) is 3.00. The van der Waals surface area contributed by atoms with E-state index in [9.17, 15) is 26.4 Å². The van der Waals surface area contributed by atoms with Gasteiger partial charge in [0.1, 0.15) is 5.75 Å². The second-order valence-electron chi connectivity index (χ2n) is 5.77. The number of carbonyl (C=O) groups is 1. The van der Waals surface area contributed by atoms with Crippen molar-refractivity contribution in [2.24, 2.45) is 0 Å². The third kappa shape index (κ3) is 4.54. The van der Waals surface area contributed by atoms with E-state index in [1.807, 2.05) is 0 Å². The SMILES string of the molecule is CC(=O)c1ccc(S(=O)(=O)NCc2ccc3c(c2)OCO3)cc1OC(F)(F)F. The summed E-state index contributed by atoms with van der Waals surface area (Å²) in [5.41, 5.74) is 0.173. The number of ether oxygens (including phenoxy) is 3. The van der Waals surface area contributed by atoms with Crippen LogP contribution in [0.4, 0.5) is 13.2 Å². The molecule has 0 fully saturated rings. The summed E-state index contributed by atoms with van der Waals surface area (Å²) in [5, 5.41) is 0. The maximum Gasteiger partial charge on any atom is 0.573 e. The van der Waals surface area contributed by atoms with Gasteiger partial charge in [0.15, 0.2) is 17.3 Å². The number of hydrogen-bond donors (Lipinski definition) is 1. The largest absolute Gasteiger partial charge is 0.573 e. The minimum Gasteiger partial charge on any atom is -0.454 e.